The Kier molecular flexibility index (Phi) is 7.11. The minimum absolute atomic E-state index is 0.0378. The van der Waals surface area contributed by atoms with Gasteiger partial charge in [-0.15, -0.1) is 0 Å². The second kappa shape index (κ2) is 10.0. The molecule has 0 radical (unpaired) electrons. The number of carbonyl (C=O) groups is 2. The van der Waals surface area contributed by atoms with Gasteiger partial charge in [0.1, 0.15) is 5.82 Å². The lowest BCUT2D eigenvalue weighted by Gasteiger charge is -2.40. The third-order valence-corrected chi connectivity index (χ3v) is 6.86. The fourth-order valence-electron chi connectivity index (χ4n) is 4.85. The summed E-state index contributed by atoms with van der Waals surface area (Å²) in [6.45, 7) is 4.07. The van der Waals surface area contributed by atoms with E-state index in [1.54, 1.807) is 43.3 Å². The van der Waals surface area contributed by atoms with Gasteiger partial charge in [0.15, 0.2) is 0 Å². The monoisotopic (exact) mass is 457 g/mol. The first-order chi connectivity index (χ1) is 15.4. The van der Waals surface area contributed by atoms with Crippen LogP contribution in [0.2, 0.25) is 5.02 Å². The summed E-state index contributed by atoms with van der Waals surface area (Å²) in [5.41, 5.74) is 1.61. The number of halogens is 2. The van der Waals surface area contributed by atoms with Crippen LogP contribution in [0, 0.1) is 18.7 Å². The van der Waals surface area contributed by atoms with Gasteiger partial charge in [-0.3, -0.25) is 14.5 Å². The zero-order chi connectivity index (χ0) is 22.7. The number of amides is 2. The molecule has 170 valence electrons. The molecule has 2 aromatic carbocycles. The molecular weight excluding hydrogens is 429 g/mol. The molecule has 7 heteroatoms. The van der Waals surface area contributed by atoms with Crippen LogP contribution >= 0.6 is 11.6 Å². The van der Waals surface area contributed by atoms with Crippen molar-refractivity contribution in [3.8, 4) is 0 Å². The molecule has 2 aromatic rings. The highest BCUT2D eigenvalue weighted by Crippen LogP contribution is 2.32. The van der Waals surface area contributed by atoms with Gasteiger partial charge in [-0.05, 0) is 61.6 Å². The minimum Gasteiger partial charge on any atom is -0.336 e. The molecule has 0 aromatic heterocycles. The number of hydrogen-bond acceptors (Lipinski definition) is 3. The quantitative estimate of drug-likeness (QED) is 0.705. The van der Waals surface area contributed by atoms with Crippen molar-refractivity contribution < 1.29 is 14.0 Å². The molecule has 0 spiro atoms. The van der Waals surface area contributed by atoms with E-state index in [1.807, 2.05) is 4.90 Å². The summed E-state index contributed by atoms with van der Waals surface area (Å²) < 4.78 is 14.0. The number of carbonyl (C=O) groups excluding carboxylic acids is 2. The highest BCUT2D eigenvalue weighted by molar-refractivity contribution is 6.30. The number of piperazine rings is 1. The molecule has 0 bridgehead atoms. The van der Waals surface area contributed by atoms with Crippen molar-refractivity contribution >= 4 is 29.1 Å². The van der Waals surface area contributed by atoms with Crippen molar-refractivity contribution in [3.63, 3.8) is 0 Å². The summed E-state index contributed by atoms with van der Waals surface area (Å²) in [5, 5.41) is 3.48. The zero-order valence-corrected chi connectivity index (χ0v) is 19.1. The molecule has 1 aliphatic heterocycles. The average molecular weight is 458 g/mol. The minimum atomic E-state index is -0.326. The fourth-order valence-corrected chi connectivity index (χ4v) is 5.04. The number of benzene rings is 2. The van der Waals surface area contributed by atoms with E-state index in [9.17, 15) is 14.0 Å². The van der Waals surface area contributed by atoms with Crippen LogP contribution in [0.4, 0.5) is 10.1 Å². The van der Waals surface area contributed by atoms with Crippen molar-refractivity contribution in [2.45, 2.75) is 38.6 Å². The lowest BCUT2D eigenvalue weighted by atomic mass is 9.94. The second-order valence-electron chi connectivity index (χ2n) is 8.78. The lowest BCUT2D eigenvalue weighted by molar-refractivity contribution is -0.123. The SMILES string of the molecule is Cc1ccc(NC(=O)[C@@H](C2CCCC2)N2CCN(C(=O)c3cccc(Cl)c3)CC2)cc1F. The highest BCUT2D eigenvalue weighted by Gasteiger charge is 2.37. The largest absolute Gasteiger partial charge is 0.336 e. The molecule has 1 saturated heterocycles. The summed E-state index contributed by atoms with van der Waals surface area (Å²) >= 11 is 6.04. The average Bonchev–Trinajstić information content (AvgIpc) is 3.31. The van der Waals surface area contributed by atoms with Crippen LogP contribution in [0.1, 0.15) is 41.6 Å². The molecule has 32 heavy (non-hydrogen) atoms. The Bertz CT molecular complexity index is 985. The predicted molar refractivity (Wildman–Crippen MR) is 124 cm³/mol. The third kappa shape index (κ3) is 5.13. The molecule has 1 atom stereocenters. The van der Waals surface area contributed by atoms with Crippen LogP contribution in [0.3, 0.4) is 0 Å². The number of hydrogen-bond donors (Lipinski definition) is 1. The molecule has 2 aliphatic rings. The van der Waals surface area contributed by atoms with Crippen LogP contribution in [0.15, 0.2) is 42.5 Å². The maximum absolute atomic E-state index is 14.0. The predicted octanol–water partition coefficient (Wildman–Crippen LogP) is 4.74. The van der Waals surface area contributed by atoms with Crippen LogP contribution in [-0.4, -0.2) is 53.8 Å². The van der Waals surface area contributed by atoms with Crippen LogP contribution in [0.5, 0.6) is 0 Å². The number of nitrogens with zero attached hydrogens (tertiary/aromatic N) is 2. The fraction of sp³-hybridized carbons (Fsp3) is 0.440. The van der Waals surface area contributed by atoms with E-state index in [0.29, 0.717) is 48.0 Å². The molecule has 2 fully saturated rings. The zero-order valence-electron chi connectivity index (χ0n) is 18.3. The summed E-state index contributed by atoms with van der Waals surface area (Å²) in [6.07, 6.45) is 4.28. The Morgan fingerprint density at radius 1 is 1.06 bits per heavy atom. The van der Waals surface area contributed by atoms with E-state index in [1.165, 1.54) is 6.07 Å². The normalized spacial score (nSPS) is 18.5. The molecular formula is C25H29ClFN3O2. The van der Waals surface area contributed by atoms with Crippen LogP contribution in [-0.2, 0) is 4.79 Å². The standard InChI is InChI=1S/C25H29ClFN3O2/c1-17-9-10-21(16-22(17)27)28-24(31)23(18-5-2-3-6-18)29-11-13-30(14-12-29)25(32)19-7-4-8-20(26)15-19/h4,7-10,15-16,18,23H,2-3,5-6,11-14H2,1H3,(H,28,31)/t23-/m1/s1. The van der Waals surface area contributed by atoms with Gasteiger partial charge in [-0.1, -0.05) is 36.6 Å². The molecule has 0 unspecified atom stereocenters. The second-order valence-corrected chi connectivity index (χ2v) is 9.22. The highest BCUT2D eigenvalue weighted by atomic mass is 35.5. The Balaban J connectivity index is 1.44. The van der Waals surface area contributed by atoms with Crippen molar-refractivity contribution in [3.05, 3.63) is 64.4 Å². The van der Waals surface area contributed by atoms with E-state index in [-0.39, 0.29) is 29.6 Å². The molecule has 4 rings (SSSR count). The molecule has 2 amide bonds. The van der Waals surface area contributed by atoms with Gasteiger partial charge in [0, 0.05) is 42.5 Å². The topological polar surface area (TPSA) is 52.7 Å². The Labute approximate surface area is 193 Å². The van der Waals surface area contributed by atoms with Gasteiger partial charge in [-0.25, -0.2) is 4.39 Å². The van der Waals surface area contributed by atoms with E-state index in [4.69, 9.17) is 11.6 Å². The van der Waals surface area contributed by atoms with Crippen molar-refractivity contribution in [1.29, 1.82) is 0 Å². The van der Waals surface area contributed by atoms with Gasteiger partial charge in [0.25, 0.3) is 5.91 Å². The van der Waals surface area contributed by atoms with Gasteiger partial charge in [0.2, 0.25) is 5.91 Å². The van der Waals surface area contributed by atoms with Crippen molar-refractivity contribution in [1.82, 2.24) is 9.80 Å². The van der Waals surface area contributed by atoms with Crippen LogP contribution < -0.4 is 5.32 Å². The Hall–Kier alpha value is -2.44. The van der Waals surface area contributed by atoms with Gasteiger partial charge >= 0.3 is 0 Å². The lowest BCUT2D eigenvalue weighted by Crippen LogP contribution is -2.56. The number of nitrogens with one attached hydrogen (secondary N) is 1. The first-order valence-electron chi connectivity index (χ1n) is 11.3. The third-order valence-electron chi connectivity index (χ3n) is 6.62. The Morgan fingerprint density at radius 2 is 1.78 bits per heavy atom. The summed E-state index contributed by atoms with van der Waals surface area (Å²) in [5.74, 6) is -0.173. The van der Waals surface area contributed by atoms with Gasteiger partial charge in [-0.2, -0.15) is 0 Å². The van der Waals surface area contributed by atoms with Gasteiger partial charge in [0.05, 0.1) is 6.04 Å². The molecule has 1 aliphatic carbocycles. The smallest absolute Gasteiger partial charge is 0.253 e. The molecule has 1 heterocycles. The summed E-state index contributed by atoms with van der Waals surface area (Å²) in [4.78, 5) is 30.2. The maximum atomic E-state index is 14.0. The van der Waals surface area contributed by atoms with E-state index >= 15 is 0 Å². The first-order valence-corrected chi connectivity index (χ1v) is 11.7. The van der Waals surface area contributed by atoms with E-state index in [0.717, 1.165) is 25.7 Å². The van der Waals surface area contributed by atoms with E-state index in [2.05, 4.69) is 10.2 Å². The molecule has 1 N–H and O–H groups in total. The number of anilines is 1. The van der Waals surface area contributed by atoms with Gasteiger partial charge < -0.3 is 10.2 Å². The maximum Gasteiger partial charge on any atom is 0.253 e. The molecule has 1 saturated carbocycles. The summed E-state index contributed by atoms with van der Waals surface area (Å²) in [7, 11) is 0. The summed E-state index contributed by atoms with van der Waals surface area (Å²) in [6, 6.07) is 11.5. The molecule has 5 nitrogen and oxygen atoms in total. The Morgan fingerprint density at radius 3 is 2.44 bits per heavy atom. The van der Waals surface area contributed by atoms with Crippen molar-refractivity contribution in [2.24, 2.45) is 5.92 Å². The van der Waals surface area contributed by atoms with E-state index < -0.39 is 0 Å². The number of rotatable bonds is 5. The first kappa shape index (κ1) is 22.7. The van der Waals surface area contributed by atoms with Crippen molar-refractivity contribution in [2.75, 3.05) is 31.5 Å². The van der Waals surface area contributed by atoms with Crippen LogP contribution in [0.25, 0.3) is 0 Å². The number of aryl methyl sites for hydroxylation is 1.